The summed E-state index contributed by atoms with van der Waals surface area (Å²) in [6.07, 6.45) is 6.53. The van der Waals surface area contributed by atoms with Gasteiger partial charge in [-0.3, -0.25) is 9.69 Å². The molecule has 1 saturated heterocycles. The third kappa shape index (κ3) is 4.19. The minimum atomic E-state index is -0.430. The van der Waals surface area contributed by atoms with E-state index in [0.717, 1.165) is 26.2 Å². The smallest absolute Gasteiger partial charge is 0.248 e. The molecular weight excluding hydrogens is 244 g/mol. The number of nitrogens with one attached hydrogen (secondary N) is 1. The minimum absolute atomic E-state index is 0.0109. The lowest BCUT2D eigenvalue weighted by Crippen LogP contribution is -2.47. The number of rotatable bonds is 1. The highest BCUT2D eigenvalue weighted by Crippen LogP contribution is 2.13. The van der Waals surface area contributed by atoms with Crippen molar-refractivity contribution in [1.29, 1.82) is 0 Å². The fourth-order valence-electron chi connectivity index (χ4n) is 2.40. The van der Waals surface area contributed by atoms with Gasteiger partial charge in [0.1, 0.15) is 6.23 Å². The Bertz CT molecular complexity index is 346. The van der Waals surface area contributed by atoms with Crippen LogP contribution in [0.2, 0.25) is 0 Å². The van der Waals surface area contributed by atoms with Gasteiger partial charge in [-0.2, -0.15) is 0 Å². The van der Waals surface area contributed by atoms with Crippen LogP contribution in [0.25, 0.3) is 0 Å². The lowest BCUT2D eigenvalue weighted by atomic mass is 10.2. The zero-order chi connectivity index (χ0) is 13.7. The van der Waals surface area contributed by atoms with E-state index in [0.29, 0.717) is 5.57 Å². The maximum atomic E-state index is 11.3. The Kier molecular flexibility index (Phi) is 5.18. The van der Waals surface area contributed by atoms with Crippen LogP contribution >= 0.6 is 0 Å². The molecule has 3 N–H and O–H groups in total. The molecule has 6 nitrogen and oxygen atoms in total. The Morgan fingerprint density at radius 1 is 1.37 bits per heavy atom. The summed E-state index contributed by atoms with van der Waals surface area (Å²) >= 11 is 0. The van der Waals surface area contributed by atoms with Gasteiger partial charge in [-0.15, -0.1) is 0 Å². The van der Waals surface area contributed by atoms with Gasteiger partial charge < -0.3 is 15.9 Å². The number of hydrogen-bond acceptors (Lipinski definition) is 5. The lowest BCUT2D eigenvalue weighted by molar-refractivity contribution is -0.116. The molecule has 2 aliphatic heterocycles. The van der Waals surface area contributed by atoms with E-state index in [1.165, 1.54) is 19.3 Å². The van der Waals surface area contributed by atoms with Crippen LogP contribution in [0.1, 0.15) is 32.6 Å². The Labute approximate surface area is 114 Å². The molecule has 2 rings (SSSR count). The average molecular weight is 268 g/mol. The van der Waals surface area contributed by atoms with Crippen LogP contribution in [-0.4, -0.2) is 48.4 Å². The summed E-state index contributed by atoms with van der Waals surface area (Å²) < 4.78 is 5.75. The molecular formula is C13H24N4O2. The molecule has 0 spiro atoms. The van der Waals surface area contributed by atoms with Gasteiger partial charge in [0.2, 0.25) is 5.91 Å². The second-order valence-electron chi connectivity index (χ2n) is 5.20. The largest absolute Gasteiger partial charge is 0.366 e. The van der Waals surface area contributed by atoms with Crippen LogP contribution in [0.3, 0.4) is 0 Å². The van der Waals surface area contributed by atoms with E-state index in [9.17, 15) is 4.79 Å². The van der Waals surface area contributed by atoms with Crippen molar-refractivity contribution in [2.75, 3.05) is 26.4 Å². The van der Waals surface area contributed by atoms with E-state index in [4.69, 9.17) is 10.5 Å². The van der Waals surface area contributed by atoms with Crippen LogP contribution in [0.5, 0.6) is 0 Å². The zero-order valence-corrected chi connectivity index (χ0v) is 11.6. The molecule has 1 fully saturated rings. The number of amides is 1. The Morgan fingerprint density at radius 2 is 2.11 bits per heavy atom. The highest BCUT2D eigenvalue weighted by Gasteiger charge is 2.21. The summed E-state index contributed by atoms with van der Waals surface area (Å²) in [4.78, 5) is 13.6. The number of hydrogen-bond donors (Lipinski definition) is 2. The SMILES string of the molecule is CC1OC/C(C(N)=O)=C\NN2CCCCCCN1C2. The van der Waals surface area contributed by atoms with Crippen molar-refractivity contribution in [3.05, 3.63) is 11.8 Å². The molecule has 3 unspecified atom stereocenters. The highest BCUT2D eigenvalue weighted by atomic mass is 16.5. The van der Waals surface area contributed by atoms with Gasteiger partial charge in [-0.05, 0) is 19.8 Å². The first-order valence-corrected chi connectivity index (χ1v) is 7.02. The Morgan fingerprint density at radius 3 is 2.84 bits per heavy atom. The molecule has 0 aromatic rings. The van der Waals surface area contributed by atoms with E-state index in [1.807, 2.05) is 6.92 Å². The molecule has 0 aromatic heterocycles. The molecule has 0 aliphatic carbocycles. The molecule has 0 radical (unpaired) electrons. The first-order valence-electron chi connectivity index (χ1n) is 7.02. The van der Waals surface area contributed by atoms with Gasteiger partial charge >= 0.3 is 0 Å². The summed E-state index contributed by atoms with van der Waals surface area (Å²) in [6.45, 7) is 5.06. The molecule has 2 aliphatic rings. The molecule has 0 saturated carbocycles. The van der Waals surface area contributed by atoms with Crippen LogP contribution in [0.15, 0.2) is 11.8 Å². The van der Waals surface area contributed by atoms with E-state index in [1.54, 1.807) is 6.20 Å². The number of nitrogens with two attached hydrogens (primary N) is 1. The molecule has 108 valence electrons. The fourth-order valence-corrected chi connectivity index (χ4v) is 2.40. The van der Waals surface area contributed by atoms with E-state index < -0.39 is 5.91 Å². The normalized spacial score (nSPS) is 36.1. The lowest BCUT2D eigenvalue weighted by Gasteiger charge is -2.32. The van der Waals surface area contributed by atoms with Gasteiger partial charge in [0, 0.05) is 19.3 Å². The summed E-state index contributed by atoms with van der Waals surface area (Å²) in [5.41, 5.74) is 9.02. The van der Waals surface area contributed by atoms with Gasteiger partial charge in [-0.1, -0.05) is 12.8 Å². The first-order chi connectivity index (χ1) is 9.16. The van der Waals surface area contributed by atoms with E-state index >= 15 is 0 Å². The van der Waals surface area contributed by atoms with E-state index in [-0.39, 0.29) is 12.8 Å². The van der Waals surface area contributed by atoms with Gasteiger partial charge in [0.15, 0.2) is 0 Å². The molecule has 2 bridgehead atoms. The summed E-state index contributed by atoms with van der Waals surface area (Å²) in [5.74, 6) is -0.430. The third-order valence-corrected chi connectivity index (χ3v) is 3.71. The van der Waals surface area contributed by atoms with Gasteiger partial charge in [-0.25, -0.2) is 5.01 Å². The van der Waals surface area contributed by atoms with Crippen molar-refractivity contribution in [2.45, 2.75) is 38.8 Å². The Balaban J connectivity index is 2.12. The molecule has 2 heterocycles. The summed E-state index contributed by atoms with van der Waals surface area (Å²) in [6, 6.07) is 0. The quantitative estimate of drug-likeness (QED) is 0.719. The van der Waals surface area contributed by atoms with Gasteiger partial charge in [0.05, 0.1) is 18.8 Å². The molecule has 1 amide bonds. The monoisotopic (exact) mass is 268 g/mol. The maximum absolute atomic E-state index is 11.3. The summed E-state index contributed by atoms with van der Waals surface area (Å²) in [5, 5.41) is 2.12. The van der Waals surface area contributed by atoms with Crippen molar-refractivity contribution in [2.24, 2.45) is 5.73 Å². The predicted molar refractivity (Wildman–Crippen MR) is 72.6 cm³/mol. The van der Waals surface area contributed by atoms with Crippen molar-refractivity contribution in [3.63, 3.8) is 0 Å². The van der Waals surface area contributed by atoms with Crippen molar-refractivity contribution < 1.29 is 9.53 Å². The average Bonchev–Trinajstić information content (AvgIpc) is 2.53. The molecule has 3 atom stereocenters. The standard InChI is InChI=1S/C13H24N4O2/c1-11-16-6-4-2-3-5-7-17(10-16)15-8-12(9-19-11)13(14)18/h8,11,15H,2-7,9-10H2,1H3,(H2,14,18)/b12-8+. The van der Waals surface area contributed by atoms with Crippen LogP contribution in [-0.2, 0) is 9.53 Å². The number of primary amides is 1. The van der Waals surface area contributed by atoms with Crippen molar-refractivity contribution in [1.82, 2.24) is 15.3 Å². The van der Waals surface area contributed by atoms with Crippen molar-refractivity contribution in [3.8, 4) is 0 Å². The second-order valence-corrected chi connectivity index (χ2v) is 5.20. The fraction of sp³-hybridized carbons (Fsp3) is 0.769. The first kappa shape index (κ1) is 14.3. The maximum Gasteiger partial charge on any atom is 0.248 e. The molecule has 6 heteroatoms. The molecule has 0 aromatic carbocycles. The van der Waals surface area contributed by atoms with Gasteiger partial charge in [0.25, 0.3) is 0 Å². The van der Waals surface area contributed by atoms with Crippen molar-refractivity contribution >= 4 is 5.91 Å². The van der Waals surface area contributed by atoms with Crippen LogP contribution in [0.4, 0.5) is 0 Å². The topological polar surface area (TPSA) is 70.8 Å². The minimum Gasteiger partial charge on any atom is -0.366 e. The number of ether oxygens (including phenoxy) is 1. The van der Waals surface area contributed by atoms with Crippen LogP contribution < -0.4 is 11.2 Å². The third-order valence-electron chi connectivity index (χ3n) is 3.71. The molecule has 19 heavy (non-hydrogen) atoms. The summed E-state index contributed by atoms with van der Waals surface area (Å²) in [7, 11) is 0. The number of carbonyl (C=O) groups excluding carboxylic acids is 1. The predicted octanol–water partition coefficient (Wildman–Crippen LogP) is 0.372. The number of carbonyl (C=O) groups is 1. The number of fused-ring (bicyclic) bond motifs is 2. The number of nitrogens with zero attached hydrogens (tertiary/aromatic N) is 2. The van der Waals surface area contributed by atoms with E-state index in [2.05, 4.69) is 15.3 Å². The second kappa shape index (κ2) is 6.88. The number of hydrazine groups is 1. The Hall–Kier alpha value is -1.11. The zero-order valence-electron chi connectivity index (χ0n) is 11.6. The highest BCUT2D eigenvalue weighted by molar-refractivity contribution is 5.92. The van der Waals surface area contributed by atoms with Crippen LogP contribution in [0, 0.1) is 0 Å².